The largest absolute Gasteiger partial charge is 0.328 e. The van der Waals surface area contributed by atoms with Crippen molar-refractivity contribution in [2.75, 3.05) is 0 Å². The van der Waals surface area contributed by atoms with Crippen molar-refractivity contribution in [3.8, 4) is 0 Å². The molecule has 0 aromatic heterocycles. The molecule has 26 heavy (non-hydrogen) atoms. The molecule has 1 saturated heterocycles. The summed E-state index contributed by atoms with van der Waals surface area (Å²) in [5.74, 6) is -0.767. The van der Waals surface area contributed by atoms with Gasteiger partial charge in [0.15, 0.2) is 0 Å². The Hall–Kier alpha value is -2.25. The zero-order chi connectivity index (χ0) is 18.3. The highest BCUT2D eigenvalue weighted by Crippen LogP contribution is 2.30. The highest BCUT2D eigenvalue weighted by Gasteiger charge is 2.39. The number of hydrogen-bond donors (Lipinski definition) is 3. The first-order valence-electron chi connectivity index (χ1n) is 9.27. The molecule has 4 N–H and O–H groups in total. The predicted octanol–water partition coefficient (Wildman–Crippen LogP) is 0.417. The van der Waals surface area contributed by atoms with Crippen molar-refractivity contribution in [1.29, 1.82) is 0 Å². The van der Waals surface area contributed by atoms with Gasteiger partial charge < -0.3 is 16.0 Å². The molecule has 1 saturated carbocycles. The molecule has 2 heterocycles. The van der Waals surface area contributed by atoms with Gasteiger partial charge in [-0.05, 0) is 42.9 Å². The van der Waals surface area contributed by atoms with Gasteiger partial charge in [0, 0.05) is 37.2 Å². The lowest BCUT2D eigenvalue weighted by molar-refractivity contribution is -0.136. The molecule has 4 rings (SSSR count). The number of amides is 3. The number of benzene rings is 1. The van der Waals surface area contributed by atoms with Gasteiger partial charge >= 0.3 is 0 Å². The smallest absolute Gasteiger partial charge is 0.255 e. The summed E-state index contributed by atoms with van der Waals surface area (Å²) in [6.45, 7) is 1.11. The van der Waals surface area contributed by atoms with E-state index >= 15 is 0 Å². The third kappa shape index (κ3) is 3.12. The fourth-order valence-electron chi connectivity index (χ4n) is 4.27. The molecule has 3 aliphatic rings. The molecule has 138 valence electrons. The molecule has 0 radical (unpaired) electrons. The monoisotopic (exact) mass is 356 g/mol. The number of carbonyl (C=O) groups is 3. The Morgan fingerprint density at radius 3 is 2.77 bits per heavy atom. The van der Waals surface area contributed by atoms with Crippen molar-refractivity contribution in [2.24, 2.45) is 5.73 Å². The number of carbonyl (C=O) groups excluding carboxylic acids is 3. The number of nitrogens with zero attached hydrogens (tertiary/aromatic N) is 1. The predicted molar refractivity (Wildman–Crippen MR) is 94.9 cm³/mol. The van der Waals surface area contributed by atoms with Crippen molar-refractivity contribution in [2.45, 2.75) is 63.3 Å². The lowest BCUT2D eigenvalue weighted by Gasteiger charge is -2.29. The van der Waals surface area contributed by atoms with Crippen LogP contribution in [0.4, 0.5) is 0 Å². The zero-order valence-corrected chi connectivity index (χ0v) is 14.7. The molecule has 1 unspecified atom stereocenters. The maximum atomic E-state index is 12.8. The Morgan fingerprint density at radius 1 is 1.19 bits per heavy atom. The van der Waals surface area contributed by atoms with Gasteiger partial charge in [0.05, 0.1) is 0 Å². The van der Waals surface area contributed by atoms with E-state index in [0.717, 1.165) is 30.4 Å². The zero-order valence-electron chi connectivity index (χ0n) is 14.7. The average molecular weight is 356 g/mol. The first-order valence-corrected chi connectivity index (χ1v) is 9.27. The summed E-state index contributed by atoms with van der Waals surface area (Å²) >= 11 is 0. The van der Waals surface area contributed by atoms with Gasteiger partial charge in [-0.2, -0.15) is 0 Å². The van der Waals surface area contributed by atoms with Crippen LogP contribution in [0.3, 0.4) is 0 Å². The third-order valence-electron chi connectivity index (χ3n) is 5.73. The van der Waals surface area contributed by atoms with E-state index in [0.29, 0.717) is 31.1 Å². The van der Waals surface area contributed by atoms with E-state index in [1.807, 2.05) is 18.2 Å². The Labute approximate surface area is 152 Å². The van der Waals surface area contributed by atoms with E-state index in [1.54, 1.807) is 4.90 Å². The average Bonchev–Trinajstić information content (AvgIpc) is 3.17. The van der Waals surface area contributed by atoms with Crippen LogP contribution in [0.2, 0.25) is 0 Å². The van der Waals surface area contributed by atoms with Crippen LogP contribution in [-0.4, -0.2) is 40.7 Å². The van der Waals surface area contributed by atoms with Gasteiger partial charge in [0.1, 0.15) is 6.04 Å². The van der Waals surface area contributed by atoms with Crippen LogP contribution in [-0.2, 0) is 22.7 Å². The summed E-state index contributed by atoms with van der Waals surface area (Å²) in [7, 11) is 0. The minimum Gasteiger partial charge on any atom is -0.328 e. The summed E-state index contributed by atoms with van der Waals surface area (Å²) in [5, 5.41) is 5.89. The van der Waals surface area contributed by atoms with Gasteiger partial charge in [-0.1, -0.05) is 12.1 Å². The van der Waals surface area contributed by atoms with Gasteiger partial charge in [0.2, 0.25) is 11.8 Å². The lowest BCUT2D eigenvalue weighted by Crippen LogP contribution is -2.52. The number of nitrogens with one attached hydrogen (secondary N) is 2. The topological polar surface area (TPSA) is 105 Å². The van der Waals surface area contributed by atoms with Gasteiger partial charge in [0.25, 0.3) is 5.91 Å². The highest BCUT2D eigenvalue weighted by atomic mass is 16.2. The lowest BCUT2D eigenvalue weighted by atomic mass is 10.0. The first-order chi connectivity index (χ1) is 12.5. The summed E-state index contributed by atoms with van der Waals surface area (Å²) in [5.41, 5.74) is 8.71. The molecule has 2 aliphatic heterocycles. The van der Waals surface area contributed by atoms with Crippen molar-refractivity contribution in [1.82, 2.24) is 15.5 Å². The van der Waals surface area contributed by atoms with Crippen LogP contribution in [0.15, 0.2) is 18.2 Å². The van der Waals surface area contributed by atoms with E-state index in [2.05, 4.69) is 10.6 Å². The minimum absolute atomic E-state index is 0.126. The molecule has 2 fully saturated rings. The second-order valence-corrected chi connectivity index (χ2v) is 7.49. The maximum Gasteiger partial charge on any atom is 0.255 e. The molecule has 7 heteroatoms. The fourth-order valence-corrected chi connectivity index (χ4v) is 4.27. The van der Waals surface area contributed by atoms with Crippen LogP contribution >= 0.6 is 0 Å². The quantitative estimate of drug-likeness (QED) is 0.678. The van der Waals surface area contributed by atoms with Gasteiger partial charge in [-0.25, -0.2) is 0 Å². The Balaban J connectivity index is 1.49. The second-order valence-electron chi connectivity index (χ2n) is 7.49. The van der Waals surface area contributed by atoms with E-state index < -0.39 is 6.04 Å². The summed E-state index contributed by atoms with van der Waals surface area (Å²) < 4.78 is 0. The number of hydrogen-bond acceptors (Lipinski definition) is 5. The Kier molecular flexibility index (Phi) is 4.50. The van der Waals surface area contributed by atoms with E-state index in [1.165, 1.54) is 0 Å². The molecule has 3 atom stereocenters. The van der Waals surface area contributed by atoms with Gasteiger partial charge in [-0.15, -0.1) is 0 Å². The number of rotatable bonds is 4. The molecular weight excluding hydrogens is 332 g/mol. The highest BCUT2D eigenvalue weighted by molar-refractivity contribution is 6.05. The molecule has 1 aliphatic carbocycles. The van der Waals surface area contributed by atoms with E-state index in [4.69, 9.17) is 5.73 Å². The standard InChI is InChI=1S/C19H24N4O3/c20-12-4-5-13(8-12)21-9-11-2-1-3-14-15(11)10-23(19(14)26)16-6-7-17(24)22-18(16)25/h1-3,12-13,16,21H,4-10,20H2,(H,22,24,25)/t12-,13+,16?/m1/s1. The Bertz CT molecular complexity index is 763. The molecule has 1 aromatic rings. The van der Waals surface area contributed by atoms with Crippen LogP contribution in [0.5, 0.6) is 0 Å². The number of piperidine rings is 1. The second kappa shape index (κ2) is 6.81. The molecular formula is C19H24N4O3. The molecule has 7 nitrogen and oxygen atoms in total. The molecule has 1 aromatic carbocycles. The summed E-state index contributed by atoms with van der Waals surface area (Å²) in [6, 6.07) is 5.87. The number of nitrogens with two attached hydrogens (primary N) is 1. The van der Waals surface area contributed by atoms with Crippen molar-refractivity contribution >= 4 is 17.7 Å². The number of fused-ring (bicyclic) bond motifs is 1. The van der Waals surface area contributed by atoms with Gasteiger partial charge in [-0.3, -0.25) is 19.7 Å². The fraction of sp³-hybridized carbons (Fsp3) is 0.526. The van der Waals surface area contributed by atoms with Crippen LogP contribution in [0.25, 0.3) is 0 Å². The summed E-state index contributed by atoms with van der Waals surface area (Å²) in [4.78, 5) is 37.9. The normalized spacial score (nSPS) is 28.4. The maximum absolute atomic E-state index is 12.8. The van der Waals surface area contributed by atoms with Crippen molar-refractivity contribution in [3.63, 3.8) is 0 Å². The van der Waals surface area contributed by atoms with Crippen LogP contribution < -0.4 is 16.4 Å². The van der Waals surface area contributed by atoms with Crippen LogP contribution in [0.1, 0.15) is 53.6 Å². The van der Waals surface area contributed by atoms with E-state index in [9.17, 15) is 14.4 Å². The third-order valence-corrected chi connectivity index (χ3v) is 5.73. The van der Waals surface area contributed by atoms with E-state index in [-0.39, 0.29) is 30.2 Å². The van der Waals surface area contributed by atoms with Crippen molar-refractivity contribution in [3.05, 3.63) is 34.9 Å². The molecule has 0 bridgehead atoms. The van der Waals surface area contributed by atoms with Crippen LogP contribution in [0, 0.1) is 0 Å². The minimum atomic E-state index is -0.568. The molecule has 3 amide bonds. The number of imide groups is 1. The molecule has 0 spiro atoms. The van der Waals surface area contributed by atoms with Crippen molar-refractivity contribution < 1.29 is 14.4 Å². The SMILES string of the molecule is N[C@@H]1CC[C@H](NCc2cccc3c2CN(C2CCC(=O)NC2=O)C3=O)C1. The summed E-state index contributed by atoms with van der Waals surface area (Å²) in [6.07, 6.45) is 3.77. The first kappa shape index (κ1) is 17.2. The Morgan fingerprint density at radius 2 is 2.04 bits per heavy atom.